The van der Waals surface area contributed by atoms with Gasteiger partial charge in [0.05, 0.1) is 5.52 Å². The maximum absolute atomic E-state index is 13.7. The van der Waals surface area contributed by atoms with E-state index in [4.69, 9.17) is 5.73 Å². The molecule has 1 aliphatic rings. The molecule has 0 spiro atoms. The van der Waals surface area contributed by atoms with Crippen molar-refractivity contribution in [3.8, 4) is 0 Å². The van der Waals surface area contributed by atoms with E-state index in [2.05, 4.69) is 11.9 Å². The van der Waals surface area contributed by atoms with Gasteiger partial charge in [0.1, 0.15) is 11.4 Å². The Bertz CT molecular complexity index is 802. The van der Waals surface area contributed by atoms with E-state index >= 15 is 0 Å². The zero-order chi connectivity index (χ0) is 16.6. The first-order chi connectivity index (χ1) is 11.0. The molecule has 1 aromatic carbocycles. The summed E-state index contributed by atoms with van der Waals surface area (Å²) in [6, 6.07) is 4.19. The zero-order valence-electron chi connectivity index (χ0n) is 13.0. The van der Waals surface area contributed by atoms with Gasteiger partial charge in [0.25, 0.3) is 5.91 Å². The number of nitrogens with two attached hydrogens (primary N) is 1. The molecule has 0 radical (unpaired) electrons. The normalized spacial score (nSPS) is 21.1. The summed E-state index contributed by atoms with van der Waals surface area (Å²) in [6.07, 6.45) is 3.27. The molecule has 1 aliphatic heterocycles. The van der Waals surface area contributed by atoms with Gasteiger partial charge in [-0.15, -0.1) is 0 Å². The molecule has 2 atom stereocenters. The molecule has 23 heavy (non-hydrogen) atoms. The van der Waals surface area contributed by atoms with Crippen molar-refractivity contribution in [1.29, 1.82) is 0 Å². The minimum atomic E-state index is -0.509. The van der Waals surface area contributed by atoms with Crippen molar-refractivity contribution in [3.05, 3.63) is 46.0 Å². The third kappa shape index (κ3) is 2.74. The average molecular weight is 317 g/mol. The number of pyridine rings is 1. The van der Waals surface area contributed by atoms with Gasteiger partial charge in [-0.05, 0) is 24.5 Å². The number of fused-ring (bicyclic) bond motifs is 1. The second-order valence-electron chi connectivity index (χ2n) is 6.12. The van der Waals surface area contributed by atoms with Crippen molar-refractivity contribution < 1.29 is 9.18 Å². The zero-order valence-corrected chi connectivity index (χ0v) is 13.0. The molecule has 5 nitrogen and oxygen atoms in total. The second-order valence-corrected chi connectivity index (χ2v) is 6.12. The Morgan fingerprint density at radius 2 is 2.22 bits per heavy atom. The number of H-pyrrole nitrogens is 1. The standard InChI is InChI=1S/C17H20FN3O2/c1-2-4-10-8-21(9-14(10)19)17(23)12-7-20-15-11(16(12)22)5-3-6-13(15)18/h3,5-7,10,14H,2,4,8-9,19H2,1H3,(H,20,22)/t10-,14-/m1/s1. The molecular formula is C17H20FN3O2. The van der Waals surface area contributed by atoms with E-state index in [9.17, 15) is 14.0 Å². The minimum absolute atomic E-state index is 0.0347. The molecule has 122 valence electrons. The lowest BCUT2D eigenvalue weighted by Crippen LogP contribution is -2.34. The largest absolute Gasteiger partial charge is 0.358 e. The van der Waals surface area contributed by atoms with Crippen LogP contribution in [0.5, 0.6) is 0 Å². The van der Waals surface area contributed by atoms with Crippen LogP contribution in [0.3, 0.4) is 0 Å². The number of rotatable bonds is 3. The van der Waals surface area contributed by atoms with Gasteiger partial charge in [-0.2, -0.15) is 0 Å². The average Bonchev–Trinajstić information content (AvgIpc) is 2.89. The Labute approximate surface area is 133 Å². The second kappa shape index (κ2) is 6.12. The van der Waals surface area contributed by atoms with Crippen LogP contribution in [0.15, 0.2) is 29.2 Å². The maximum atomic E-state index is 13.7. The molecule has 0 bridgehead atoms. The summed E-state index contributed by atoms with van der Waals surface area (Å²) in [5.41, 5.74) is 5.80. The van der Waals surface area contributed by atoms with E-state index < -0.39 is 11.2 Å². The number of para-hydroxylation sites is 1. The van der Waals surface area contributed by atoms with Crippen molar-refractivity contribution in [2.75, 3.05) is 13.1 Å². The quantitative estimate of drug-likeness (QED) is 0.907. The van der Waals surface area contributed by atoms with Gasteiger partial charge >= 0.3 is 0 Å². The lowest BCUT2D eigenvalue weighted by atomic mass is 9.99. The Morgan fingerprint density at radius 3 is 2.96 bits per heavy atom. The highest BCUT2D eigenvalue weighted by Crippen LogP contribution is 2.22. The third-order valence-electron chi connectivity index (χ3n) is 4.53. The van der Waals surface area contributed by atoms with Crippen LogP contribution < -0.4 is 11.2 Å². The number of halogens is 1. The highest BCUT2D eigenvalue weighted by molar-refractivity contribution is 5.97. The topological polar surface area (TPSA) is 79.2 Å². The van der Waals surface area contributed by atoms with Gasteiger partial charge in [0.15, 0.2) is 0 Å². The molecule has 1 aromatic heterocycles. The van der Waals surface area contributed by atoms with E-state index in [1.165, 1.54) is 24.4 Å². The monoisotopic (exact) mass is 317 g/mol. The number of carbonyl (C=O) groups is 1. The number of carbonyl (C=O) groups excluding carboxylic acids is 1. The van der Waals surface area contributed by atoms with Crippen molar-refractivity contribution >= 4 is 16.8 Å². The summed E-state index contributed by atoms with van der Waals surface area (Å²) < 4.78 is 13.7. The number of benzene rings is 1. The Morgan fingerprint density at radius 1 is 1.43 bits per heavy atom. The Kier molecular flexibility index (Phi) is 4.17. The fourth-order valence-electron chi connectivity index (χ4n) is 3.28. The number of amides is 1. The predicted octanol–water partition coefficient (Wildman–Crippen LogP) is 1.87. The minimum Gasteiger partial charge on any atom is -0.358 e. The maximum Gasteiger partial charge on any atom is 0.259 e. The summed E-state index contributed by atoms with van der Waals surface area (Å²) in [4.78, 5) is 29.5. The van der Waals surface area contributed by atoms with E-state index in [1.807, 2.05) is 0 Å². The Hall–Kier alpha value is -2.21. The smallest absolute Gasteiger partial charge is 0.259 e. The number of hydrogen-bond donors (Lipinski definition) is 2. The summed E-state index contributed by atoms with van der Waals surface area (Å²) in [6.45, 7) is 3.10. The fourth-order valence-corrected chi connectivity index (χ4v) is 3.28. The van der Waals surface area contributed by atoms with E-state index in [1.54, 1.807) is 4.90 Å². The number of hydrogen-bond acceptors (Lipinski definition) is 3. The van der Waals surface area contributed by atoms with Crippen LogP contribution in [-0.4, -0.2) is 34.9 Å². The molecule has 0 aliphatic carbocycles. The lowest BCUT2D eigenvalue weighted by molar-refractivity contribution is 0.0784. The molecule has 3 N–H and O–H groups in total. The van der Waals surface area contributed by atoms with Crippen molar-refractivity contribution in [1.82, 2.24) is 9.88 Å². The number of likely N-dealkylation sites (tertiary alicyclic amines) is 1. The first-order valence-electron chi connectivity index (χ1n) is 7.87. The highest BCUT2D eigenvalue weighted by Gasteiger charge is 2.33. The summed E-state index contributed by atoms with van der Waals surface area (Å²) in [5, 5.41) is 0.185. The number of aromatic amines is 1. The third-order valence-corrected chi connectivity index (χ3v) is 4.53. The van der Waals surface area contributed by atoms with Crippen LogP contribution in [0.25, 0.3) is 10.9 Å². The van der Waals surface area contributed by atoms with Crippen LogP contribution in [0, 0.1) is 11.7 Å². The highest BCUT2D eigenvalue weighted by atomic mass is 19.1. The summed E-state index contributed by atoms with van der Waals surface area (Å²) in [5.74, 6) is -0.586. The number of nitrogens with one attached hydrogen (secondary N) is 1. The van der Waals surface area contributed by atoms with E-state index in [0.717, 1.165) is 12.8 Å². The molecule has 0 saturated carbocycles. The van der Waals surface area contributed by atoms with Gasteiger partial charge in [-0.25, -0.2) is 4.39 Å². The summed E-state index contributed by atoms with van der Waals surface area (Å²) >= 11 is 0. The van der Waals surface area contributed by atoms with E-state index in [-0.39, 0.29) is 34.3 Å². The molecule has 2 aromatic rings. The molecule has 1 fully saturated rings. The SMILES string of the molecule is CCC[C@@H]1CN(C(=O)c2c[nH]c3c(F)cccc3c2=O)C[C@H]1N. The first kappa shape index (κ1) is 15.7. The molecule has 2 heterocycles. The predicted molar refractivity (Wildman–Crippen MR) is 86.8 cm³/mol. The van der Waals surface area contributed by atoms with Gasteiger partial charge in [-0.1, -0.05) is 19.4 Å². The number of aromatic nitrogens is 1. The summed E-state index contributed by atoms with van der Waals surface area (Å²) in [7, 11) is 0. The van der Waals surface area contributed by atoms with Crippen LogP contribution in [0.4, 0.5) is 4.39 Å². The van der Waals surface area contributed by atoms with E-state index in [0.29, 0.717) is 13.1 Å². The molecule has 1 saturated heterocycles. The van der Waals surface area contributed by atoms with Gasteiger partial charge < -0.3 is 15.6 Å². The van der Waals surface area contributed by atoms with Crippen molar-refractivity contribution in [2.24, 2.45) is 11.7 Å². The Balaban J connectivity index is 1.93. The molecule has 3 rings (SSSR count). The molecular weight excluding hydrogens is 297 g/mol. The van der Waals surface area contributed by atoms with Gasteiger partial charge in [0.2, 0.25) is 5.43 Å². The molecule has 6 heteroatoms. The number of nitrogens with zero attached hydrogens (tertiary/aromatic N) is 1. The van der Waals surface area contributed by atoms with Crippen LogP contribution in [0.1, 0.15) is 30.1 Å². The van der Waals surface area contributed by atoms with Crippen molar-refractivity contribution in [2.45, 2.75) is 25.8 Å². The lowest BCUT2D eigenvalue weighted by Gasteiger charge is -2.16. The van der Waals surface area contributed by atoms with Crippen LogP contribution in [0.2, 0.25) is 0 Å². The van der Waals surface area contributed by atoms with Gasteiger partial charge in [0, 0.05) is 30.7 Å². The van der Waals surface area contributed by atoms with Crippen LogP contribution >= 0.6 is 0 Å². The molecule has 1 amide bonds. The van der Waals surface area contributed by atoms with Crippen molar-refractivity contribution in [3.63, 3.8) is 0 Å². The first-order valence-corrected chi connectivity index (χ1v) is 7.87. The molecule has 0 unspecified atom stereocenters. The van der Waals surface area contributed by atoms with Gasteiger partial charge in [-0.3, -0.25) is 9.59 Å². The van der Waals surface area contributed by atoms with Crippen LogP contribution in [-0.2, 0) is 0 Å². The fraction of sp³-hybridized carbons (Fsp3) is 0.412.